The number of para-hydroxylation sites is 1. The molecule has 3 nitrogen and oxygen atoms in total. The Hall–Kier alpha value is -1.61. The van der Waals surface area contributed by atoms with Gasteiger partial charge in [0.1, 0.15) is 0 Å². The number of hydrogen-bond acceptors (Lipinski definition) is 3. The molecule has 0 fully saturated rings. The summed E-state index contributed by atoms with van der Waals surface area (Å²) in [5, 5.41) is 4.67. The molecule has 2 aromatic rings. The maximum Gasteiger partial charge on any atom is 0.0725 e. The third-order valence-electron chi connectivity index (χ3n) is 4.03. The number of rotatable bonds is 6. The predicted molar refractivity (Wildman–Crippen MR) is 87.0 cm³/mol. The van der Waals surface area contributed by atoms with Gasteiger partial charge in [0, 0.05) is 29.4 Å². The van der Waals surface area contributed by atoms with Crippen LogP contribution in [0.5, 0.6) is 0 Å². The molecule has 0 spiro atoms. The van der Waals surface area contributed by atoms with Crippen LogP contribution in [0.3, 0.4) is 0 Å². The topological polar surface area (TPSA) is 50.9 Å². The van der Waals surface area contributed by atoms with Gasteiger partial charge in [-0.3, -0.25) is 4.98 Å². The van der Waals surface area contributed by atoms with Crippen LogP contribution in [0.15, 0.2) is 30.3 Å². The second-order valence-corrected chi connectivity index (χ2v) is 5.45. The summed E-state index contributed by atoms with van der Waals surface area (Å²) in [6.07, 6.45) is 2.27. The summed E-state index contributed by atoms with van der Waals surface area (Å²) >= 11 is 0. The summed E-state index contributed by atoms with van der Waals surface area (Å²) in [5.41, 5.74) is 9.49. The maximum atomic E-state index is 6.29. The van der Waals surface area contributed by atoms with Crippen LogP contribution in [0.2, 0.25) is 0 Å². The van der Waals surface area contributed by atoms with Gasteiger partial charge in [0.15, 0.2) is 0 Å². The van der Waals surface area contributed by atoms with Crippen LogP contribution in [0.25, 0.3) is 10.9 Å². The molecule has 0 radical (unpaired) electrons. The van der Waals surface area contributed by atoms with E-state index in [1.165, 1.54) is 0 Å². The van der Waals surface area contributed by atoms with Gasteiger partial charge < -0.3 is 11.1 Å². The van der Waals surface area contributed by atoms with Crippen LogP contribution >= 0.6 is 0 Å². The van der Waals surface area contributed by atoms with Crippen LogP contribution < -0.4 is 11.1 Å². The van der Waals surface area contributed by atoms with Crippen molar-refractivity contribution in [3.05, 3.63) is 36.0 Å². The molecule has 3 N–H and O–H groups in total. The highest BCUT2D eigenvalue weighted by molar-refractivity contribution is 5.91. The number of anilines is 1. The largest absolute Gasteiger partial charge is 0.383 e. The number of aryl methyl sites for hydroxylation is 1. The highest BCUT2D eigenvalue weighted by Gasteiger charge is 2.14. The Morgan fingerprint density at radius 2 is 1.90 bits per heavy atom. The lowest BCUT2D eigenvalue weighted by Crippen LogP contribution is -2.36. The second kappa shape index (κ2) is 6.71. The molecule has 20 heavy (non-hydrogen) atoms. The van der Waals surface area contributed by atoms with E-state index in [1.54, 1.807) is 0 Å². The Labute approximate surface area is 121 Å². The average Bonchev–Trinajstić information content (AvgIpc) is 2.45. The molecule has 2 rings (SSSR count). The summed E-state index contributed by atoms with van der Waals surface area (Å²) in [4.78, 5) is 4.56. The lowest BCUT2D eigenvalue weighted by molar-refractivity contribution is 0.407. The van der Waals surface area contributed by atoms with Crippen LogP contribution in [0.4, 0.5) is 5.69 Å². The smallest absolute Gasteiger partial charge is 0.0725 e. The maximum absolute atomic E-state index is 6.29. The molecule has 0 aliphatic carbocycles. The van der Waals surface area contributed by atoms with E-state index in [-0.39, 0.29) is 6.04 Å². The van der Waals surface area contributed by atoms with E-state index in [0.717, 1.165) is 41.7 Å². The standard InChI is InChI=1S/C17H25N3/c1-4-13(5-2)15(18)11-19-17-10-12(3)20-16-9-7-6-8-14(16)17/h6-10,13,15H,4-5,11,18H2,1-3H3,(H,19,20). The van der Waals surface area contributed by atoms with E-state index in [9.17, 15) is 0 Å². The SMILES string of the molecule is CCC(CC)C(N)CNc1cc(C)nc2ccccc12. The summed E-state index contributed by atoms with van der Waals surface area (Å²) < 4.78 is 0. The molecule has 1 atom stereocenters. The third kappa shape index (κ3) is 3.28. The zero-order chi connectivity index (χ0) is 14.5. The highest BCUT2D eigenvalue weighted by Crippen LogP contribution is 2.23. The summed E-state index contributed by atoms with van der Waals surface area (Å²) in [5.74, 6) is 0.580. The van der Waals surface area contributed by atoms with Crippen molar-refractivity contribution in [2.75, 3.05) is 11.9 Å². The number of nitrogens with one attached hydrogen (secondary N) is 1. The van der Waals surface area contributed by atoms with Crippen molar-refractivity contribution in [3.8, 4) is 0 Å². The quantitative estimate of drug-likeness (QED) is 0.842. The van der Waals surface area contributed by atoms with E-state index in [1.807, 2.05) is 25.1 Å². The van der Waals surface area contributed by atoms with Crippen LogP contribution in [0, 0.1) is 12.8 Å². The Morgan fingerprint density at radius 1 is 1.20 bits per heavy atom. The number of nitrogens with two attached hydrogens (primary N) is 1. The first kappa shape index (κ1) is 14.8. The Morgan fingerprint density at radius 3 is 2.60 bits per heavy atom. The van der Waals surface area contributed by atoms with Gasteiger partial charge in [-0.25, -0.2) is 0 Å². The van der Waals surface area contributed by atoms with Gasteiger partial charge in [0.25, 0.3) is 0 Å². The monoisotopic (exact) mass is 271 g/mol. The first-order chi connectivity index (χ1) is 9.65. The summed E-state index contributed by atoms with van der Waals surface area (Å²) in [6, 6.07) is 10.5. The van der Waals surface area contributed by atoms with Crippen molar-refractivity contribution >= 4 is 16.6 Å². The van der Waals surface area contributed by atoms with E-state index in [2.05, 4.69) is 36.3 Å². The number of benzene rings is 1. The summed E-state index contributed by atoms with van der Waals surface area (Å²) in [6.45, 7) is 7.25. The molecular weight excluding hydrogens is 246 g/mol. The molecule has 1 heterocycles. The van der Waals surface area contributed by atoms with Crippen molar-refractivity contribution in [2.45, 2.75) is 39.7 Å². The molecule has 108 valence electrons. The van der Waals surface area contributed by atoms with Gasteiger partial charge in [-0.05, 0) is 25.0 Å². The summed E-state index contributed by atoms with van der Waals surface area (Å²) in [7, 11) is 0. The Kier molecular flexibility index (Phi) is 4.96. The molecule has 0 amide bonds. The van der Waals surface area contributed by atoms with Gasteiger partial charge in [0.05, 0.1) is 5.52 Å². The van der Waals surface area contributed by atoms with Crippen molar-refractivity contribution in [1.82, 2.24) is 4.98 Å². The zero-order valence-corrected chi connectivity index (χ0v) is 12.7. The number of hydrogen-bond donors (Lipinski definition) is 2. The molecule has 3 heteroatoms. The normalized spacial score (nSPS) is 12.8. The van der Waals surface area contributed by atoms with Gasteiger partial charge in [-0.2, -0.15) is 0 Å². The van der Waals surface area contributed by atoms with Crippen LogP contribution in [-0.4, -0.2) is 17.6 Å². The minimum absolute atomic E-state index is 0.192. The molecule has 0 saturated heterocycles. The molecule has 0 aliphatic heterocycles. The van der Waals surface area contributed by atoms with Crippen molar-refractivity contribution < 1.29 is 0 Å². The second-order valence-electron chi connectivity index (χ2n) is 5.45. The minimum atomic E-state index is 0.192. The van der Waals surface area contributed by atoms with E-state index in [4.69, 9.17) is 5.73 Å². The van der Waals surface area contributed by atoms with E-state index >= 15 is 0 Å². The molecule has 1 aromatic heterocycles. The molecule has 0 bridgehead atoms. The Balaban J connectivity index is 2.17. The molecule has 0 saturated carbocycles. The minimum Gasteiger partial charge on any atom is -0.383 e. The van der Waals surface area contributed by atoms with Gasteiger partial charge in [0.2, 0.25) is 0 Å². The van der Waals surface area contributed by atoms with Crippen molar-refractivity contribution in [3.63, 3.8) is 0 Å². The van der Waals surface area contributed by atoms with Gasteiger partial charge in [-0.1, -0.05) is 44.9 Å². The van der Waals surface area contributed by atoms with Gasteiger partial charge >= 0.3 is 0 Å². The molecule has 1 aromatic carbocycles. The highest BCUT2D eigenvalue weighted by atomic mass is 14.9. The predicted octanol–water partition coefficient (Wildman–Crippen LogP) is 3.72. The van der Waals surface area contributed by atoms with E-state index < -0.39 is 0 Å². The van der Waals surface area contributed by atoms with Crippen LogP contribution in [-0.2, 0) is 0 Å². The fourth-order valence-corrected chi connectivity index (χ4v) is 2.74. The number of fused-ring (bicyclic) bond motifs is 1. The number of nitrogens with zero attached hydrogens (tertiary/aromatic N) is 1. The fourth-order valence-electron chi connectivity index (χ4n) is 2.74. The van der Waals surface area contributed by atoms with Crippen LogP contribution in [0.1, 0.15) is 32.4 Å². The third-order valence-corrected chi connectivity index (χ3v) is 4.03. The van der Waals surface area contributed by atoms with Crippen molar-refractivity contribution in [2.24, 2.45) is 11.7 Å². The van der Waals surface area contributed by atoms with E-state index in [0.29, 0.717) is 5.92 Å². The first-order valence-electron chi connectivity index (χ1n) is 7.51. The molecule has 1 unspecified atom stereocenters. The number of pyridine rings is 1. The number of aromatic nitrogens is 1. The molecule has 0 aliphatic rings. The molecular formula is C17H25N3. The average molecular weight is 271 g/mol. The zero-order valence-electron chi connectivity index (χ0n) is 12.7. The van der Waals surface area contributed by atoms with Crippen molar-refractivity contribution in [1.29, 1.82) is 0 Å². The lowest BCUT2D eigenvalue weighted by atomic mass is 9.95. The lowest BCUT2D eigenvalue weighted by Gasteiger charge is -2.22. The first-order valence-corrected chi connectivity index (χ1v) is 7.51. The van der Waals surface area contributed by atoms with Gasteiger partial charge in [-0.15, -0.1) is 0 Å². The fraction of sp³-hybridized carbons (Fsp3) is 0.471. The Bertz CT molecular complexity index is 561.